The fourth-order valence-electron chi connectivity index (χ4n) is 3.10. The lowest BCUT2D eigenvalue weighted by molar-refractivity contribution is -0.121. The molecule has 0 unspecified atom stereocenters. The molecule has 0 saturated carbocycles. The predicted octanol–water partition coefficient (Wildman–Crippen LogP) is 3.23. The highest BCUT2D eigenvalue weighted by Crippen LogP contribution is 2.16. The minimum absolute atomic E-state index is 0.0129. The Hall–Kier alpha value is -3.48. The molecule has 1 amide bonds. The summed E-state index contributed by atoms with van der Waals surface area (Å²) in [5.74, 6) is 0.957. The van der Waals surface area contributed by atoms with Crippen LogP contribution in [0, 0.1) is 0 Å². The van der Waals surface area contributed by atoms with Gasteiger partial charge in [-0.25, -0.2) is 0 Å². The second-order valence-corrected chi connectivity index (χ2v) is 6.52. The molecule has 28 heavy (non-hydrogen) atoms. The van der Waals surface area contributed by atoms with Gasteiger partial charge in [-0.3, -0.25) is 9.78 Å². The van der Waals surface area contributed by atoms with Gasteiger partial charge in [0.15, 0.2) is 0 Å². The maximum Gasteiger partial charge on any atom is 0.227 e. The van der Waals surface area contributed by atoms with Crippen molar-refractivity contribution in [1.82, 2.24) is 25.0 Å². The maximum absolute atomic E-state index is 12.1. The lowest BCUT2D eigenvalue weighted by Gasteiger charge is -2.07. The fraction of sp³-hybridized carbons (Fsp3) is 0.238. The van der Waals surface area contributed by atoms with Crippen molar-refractivity contribution in [3.63, 3.8) is 0 Å². The molecule has 4 rings (SSSR count). The summed E-state index contributed by atoms with van der Waals surface area (Å²) in [6, 6.07) is 14.0. The van der Waals surface area contributed by atoms with Crippen molar-refractivity contribution in [3.05, 3.63) is 66.9 Å². The molecule has 3 heterocycles. The van der Waals surface area contributed by atoms with Gasteiger partial charge in [-0.1, -0.05) is 23.4 Å². The third-order valence-corrected chi connectivity index (χ3v) is 4.55. The molecule has 0 aliphatic carbocycles. The van der Waals surface area contributed by atoms with E-state index < -0.39 is 0 Å². The van der Waals surface area contributed by atoms with Gasteiger partial charge in [-0.2, -0.15) is 4.98 Å². The summed E-state index contributed by atoms with van der Waals surface area (Å²) in [6.45, 7) is 1.50. The van der Waals surface area contributed by atoms with Crippen molar-refractivity contribution < 1.29 is 9.32 Å². The van der Waals surface area contributed by atoms with Crippen LogP contribution in [0.25, 0.3) is 22.3 Å². The normalized spacial score (nSPS) is 11.0. The molecular formula is C21H21N5O2. The number of fused-ring (bicyclic) bond motifs is 1. The third kappa shape index (κ3) is 4.25. The van der Waals surface area contributed by atoms with Gasteiger partial charge in [0.05, 0.1) is 0 Å². The standard InChI is InChI=1S/C21H21N5O2/c27-19(6-7-20-24-21(25-28-20)17-8-12-22-13-9-17)23-11-3-14-26-15-10-16-4-1-2-5-18(16)26/h1-2,4-5,8-10,12-13,15H,3,6-7,11,14H2,(H,23,27). The summed E-state index contributed by atoms with van der Waals surface area (Å²) in [5, 5.41) is 8.13. The molecule has 0 spiro atoms. The van der Waals surface area contributed by atoms with Gasteiger partial charge < -0.3 is 14.4 Å². The van der Waals surface area contributed by atoms with E-state index in [4.69, 9.17) is 4.52 Å². The Morgan fingerprint density at radius 2 is 1.96 bits per heavy atom. The van der Waals surface area contributed by atoms with Crippen LogP contribution in [0.5, 0.6) is 0 Å². The zero-order valence-corrected chi connectivity index (χ0v) is 15.4. The van der Waals surface area contributed by atoms with E-state index in [0.717, 1.165) is 18.5 Å². The van der Waals surface area contributed by atoms with Gasteiger partial charge in [-0.05, 0) is 36.1 Å². The number of hydrogen-bond acceptors (Lipinski definition) is 5. The van der Waals surface area contributed by atoms with Crippen molar-refractivity contribution in [2.45, 2.75) is 25.8 Å². The number of para-hydroxylation sites is 1. The molecule has 7 nitrogen and oxygen atoms in total. The van der Waals surface area contributed by atoms with E-state index in [1.165, 1.54) is 10.9 Å². The Labute approximate surface area is 162 Å². The molecule has 1 N–H and O–H groups in total. The highest BCUT2D eigenvalue weighted by atomic mass is 16.5. The van der Waals surface area contributed by atoms with E-state index in [1.54, 1.807) is 12.4 Å². The largest absolute Gasteiger partial charge is 0.356 e. The van der Waals surface area contributed by atoms with Gasteiger partial charge in [0.1, 0.15) is 0 Å². The Morgan fingerprint density at radius 1 is 1.11 bits per heavy atom. The average molecular weight is 375 g/mol. The van der Waals surface area contributed by atoms with E-state index >= 15 is 0 Å². The quantitative estimate of drug-likeness (QED) is 0.478. The lowest BCUT2D eigenvalue weighted by atomic mass is 10.2. The minimum atomic E-state index is -0.0129. The zero-order chi connectivity index (χ0) is 19.2. The van der Waals surface area contributed by atoms with Crippen LogP contribution >= 0.6 is 0 Å². The third-order valence-electron chi connectivity index (χ3n) is 4.55. The number of rotatable bonds is 8. The van der Waals surface area contributed by atoms with Crippen LogP contribution in [0.1, 0.15) is 18.7 Å². The van der Waals surface area contributed by atoms with Crippen LogP contribution < -0.4 is 5.32 Å². The molecule has 0 radical (unpaired) electrons. The van der Waals surface area contributed by atoms with Gasteiger partial charge in [0.25, 0.3) is 0 Å². The molecule has 7 heteroatoms. The number of benzene rings is 1. The van der Waals surface area contributed by atoms with Crippen molar-refractivity contribution in [2.75, 3.05) is 6.54 Å². The van der Waals surface area contributed by atoms with Crippen LogP contribution in [0.3, 0.4) is 0 Å². The van der Waals surface area contributed by atoms with Gasteiger partial charge >= 0.3 is 0 Å². The van der Waals surface area contributed by atoms with Crippen molar-refractivity contribution in [2.24, 2.45) is 0 Å². The second-order valence-electron chi connectivity index (χ2n) is 6.52. The molecule has 0 fully saturated rings. The highest BCUT2D eigenvalue weighted by molar-refractivity contribution is 5.79. The smallest absolute Gasteiger partial charge is 0.227 e. The van der Waals surface area contributed by atoms with Crippen LogP contribution in [0.4, 0.5) is 0 Å². The first-order chi connectivity index (χ1) is 13.8. The topological polar surface area (TPSA) is 85.8 Å². The molecule has 0 bridgehead atoms. The number of carbonyl (C=O) groups is 1. The summed E-state index contributed by atoms with van der Waals surface area (Å²) in [6.07, 6.45) is 7.06. The maximum atomic E-state index is 12.1. The number of carbonyl (C=O) groups excluding carboxylic acids is 1. The van der Waals surface area contributed by atoms with Crippen molar-refractivity contribution in [1.29, 1.82) is 0 Å². The van der Waals surface area contributed by atoms with Crippen LogP contribution in [0.2, 0.25) is 0 Å². The first kappa shape index (κ1) is 17.9. The number of pyridine rings is 1. The Morgan fingerprint density at radius 3 is 2.86 bits per heavy atom. The molecular weight excluding hydrogens is 354 g/mol. The summed E-state index contributed by atoms with van der Waals surface area (Å²) < 4.78 is 7.43. The monoisotopic (exact) mass is 375 g/mol. The van der Waals surface area contributed by atoms with E-state index in [1.807, 2.05) is 24.3 Å². The number of aromatic nitrogens is 4. The van der Waals surface area contributed by atoms with E-state index in [2.05, 4.69) is 49.4 Å². The summed E-state index contributed by atoms with van der Waals surface area (Å²) in [7, 11) is 0. The SMILES string of the molecule is O=C(CCc1nc(-c2ccncc2)no1)NCCCn1ccc2ccccc21. The lowest BCUT2D eigenvalue weighted by Crippen LogP contribution is -2.25. The van der Waals surface area contributed by atoms with Crippen LogP contribution in [0.15, 0.2) is 65.6 Å². The van der Waals surface area contributed by atoms with Crippen molar-refractivity contribution in [3.8, 4) is 11.4 Å². The number of amides is 1. The first-order valence-corrected chi connectivity index (χ1v) is 9.33. The number of hydrogen-bond donors (Lipinski definition) is 1. The zero-order valence-electron chi connectivity index (χ0n) is 15.4. The van der Waals surface area contributed by atoms with Gasteiger partial charge in [0, 0.05) is 55.6 Å². The molecule has 1 aromatic carbocycles. The van der Waals surface area contributed by atoms with Crippen molar-refractivity contribution >= 4 is 16.8 Å². The molecule has 0 aliphatic rings. The minimum Gasteiger partial charge on any atom is -0.356 e. The predicted molar refractivity (Wildman–Crippen MR) is 105 cm³/mol. The summed E-state index contributed by atoms with van der Waals surface area (Å²) in [5.41, 5.74) is 2.06. The number of nitrogens with one attached hydrogen (secondary N) is 1. The fourth-order valence-corrected chi connectivity index (χ4v) is 3.10. The van der Waals surface area contributed by atoms with E-state index in [0.29, 0.717) is 31.1 Å². The first-order valence-electron chi connectivity index (χ1n) is 9.33. The summed E-state index contributed by atoms with van der Waals surface area (Å²) >= 11 is 0. The molecule has 4 aromatic rings. The number of aryl methyl sites for hydroxylation is 2. The molecule has 142 valence electrons. The Bertz CT molecular complexity index is 1050. The van der Waals surface area contributed by atoms with Gasteiger partial charge in [0.2, 0.25) is 17.6 Å². The Balaban J connectivity index is 1.20. The average Bonchev–Trinajstić information content (AvgIpc) is 3.38. The molecule has 0 atom stereocenters. The molecule has 3 aromatic heterocycles. The van der Waals surface area contributed by atoms with Crippen LogP contribution in [-0.2, 0) is 17.8 Å². The number of nitrogens with zero attached hydrogens (tertiary/aromatic N) is 4. The summed E-state index contributed by atoms with van der Waals surface area (Å²) in [4.78, 5) is 20.3. The van der Waals surface area contributed by atoms with E-state index in [9.17, 15) is 4.79 Å². The Kier molecular flexibility index (Phi) is 5.42. The van der Waals surface area contributed by atoms with Gasteiger partial charge in [-0.15, -0.1) is 0 Å². The molecule has 0 aliphatic heterocycles. The van der Waals surface area contributed by atoms with Crippen LogP contribution in [-0.4, -0.2) is 32.1 Å². The molecule has 0 saturated heterocycles. The highest BCUT2D eigenvalue weighted by Gasteiger charge is 2.10. The van der Waals surface area contributed by atoms with E-state index in [-0.39, 0.29) is 5.91 Å². The second kappa shape index (κ2) is 8.47.